The van der Waals surface area contributed by atoms with Crippen LogP contribution in [0.15, 0.2) is 45.5 Å². The SMILES string of the molecule is CNC(C)Cc1noc(-c2ccc(C)c(NC(=O)c3ccco3)c2)n1.Cl. The van der Waals surface area contributed by atoms with Crippen molar-refractivity contribution in [3.63, 3.8) is 0 Å². The molecule has 1 aromatic carbocycles. The summed E-state index contributed by atoms with van der Waals surface area (Å²) in [5.74, 6) is 1.01. The Kier molecular flexibility index (Phi) is 6.54. The molecule has 0 aliphatic heterocycles. The van der Waals surface area contributed by atoms with Crippen LogP contribution in [0.5, 0.6) is 0 Å². The van der Waals surface area contributed by atoms with Crippen molar-refractivity contribution in [3.05, 3.63) is 53.7 Å². The van der Waals surface area contributed by atoms with Gasteiger partial charge in [0, 0.05) is 23.7 Å². The van der Waals surface area contributed by atoms with Crippen LogP contribution in [0.25, 0.3) is 11.5 Å². The van der Waals surface area contributed by atoms with Crippen LogP contribution in [-0.2, 0) is 6.42 Å². The van der Waals surface area contributed by atoms with Crippen LogP contribution in [0.3, 0.4) is 0 Å². The average Bonchev–Trinajstić information content (AvgIpc) is 3.28. The number of aromatic nitrogens is 2. The van der Waals surface area contributed by atoms with Gasteiger partial charge in [0.1, 0.15) is 0 Å². The molecule has 1 unspecified atom stereocenters. The fourth-order valence-electron chi connectivity index (χ4n) is 2.31. The number of rotatable bonds is 6. The van der Waals surface area contributed by atoms with Crippen LogP contribution in [0.1, 0.15) is 28.9 Å². The highest BCUT2D eigenvalue weighted by atomic mass is 35.5. The summed E-state index contributed by atoms with van der Waals surface area (Å²) in [5.41, 5.74) is 2.34. The maximum absolute atomic E-state index is 12.2. The molecule has 3 rings (SSSR count). The lowest BCUT2D eigenvalue weighted by molar-refractivity contribution is 0.0996. The summed E-state index contributed by atoms with van der Waals surface area (Å²) >= 11 is 0. The molecule has 1 atom stereocenters. The van der Waals surface area contributed by atoms with Crippen molar-refractivity contribution in [2.24, 2.45) is 0 Å². The minimum atomic E-state index is -0.306. The van der Waals surface area contributed by atoms with Crippen molar-refractivity contribution in [2.45, 2.75) is 26.3 Å². The number of amides is 1. The van der Waals surface area contributed by atoms with Crippen LogP contribution in [0.2, 0.25) is 0 Å². The first-order valence-electron chi connectivity index (χ1n) is 8.02. The summed E-state index contributed by atoms with van der Waals surface area (Å²) in [7, 11) is 1.89. The molecule has 26 heavy (non-hydrogen) atoms. The first-order valence-corrected chi connectivity index (χ1v) is 8.02. The van der Waals surface area contributed by atoms with Crippen molar-refractivity contribution >= 4 is 24.0 Å². The number of nitrogens with zero attached hydrogens (tertiary/aromatic N) is 2. The summed E-state index contributed by atoms with van der Waals surface area (Å²) in [6, 6.07) is 9.14. The standard InChI is InChI=1S/C18H20N4O3.ClH/c1-11-6-7-13(18-21-16(22-25-18)9-12(2)19-3)10-14(11)20-17(23)15-5-4-8-24-15;/h4-8,10,12,19H,9H2,1-3H3,(H,20,23);1H. The van der Waals surface area contributed by atoms with Gasteiger partial charge in [-0.2, -0.15) is 4.98 Å². The third-order valence-corrected chi connectivity index (χ3v) is 3.93. The molecule has 0 saturated heterocycles. The number of nitrogens with one attached hydrogen (secondary N) is 2. The largest absolute Gasteiger partial charge is 0.459 e. The Morgan fingerprint density at radius 3 is 2.81 bits per heavy atom. The van der Waals surface area contributed by atoms with Gasteiger partial charge in [0.05, 0.1) is 6.26 Å². The lowest BCUT2D eigenvalue weighted by Gasteiger charge is -2.08. The Bertz CT molecular complexity index is 861. The zero-order valence-electron chi connectivity index (χ0n) is 14.8. The number of anilines is 1. The fourth-order valence-corrected chi connectivity index (χ4v) is 2.31. The zero-order valence-corrected chi connectivity index (χ0v) is 15.6. The quantitative estimate of drug-likeness (QED) is 0.684. The van der Waals surface area contributed by atoms with Crippen LogP contribution in [0, 0.1) is 6.92 Å². The third-order valence-electron chi connectivity index (χ3n) is 3.93. The number of hydrogen-bond acceptors (Lipinski definition) is 6. The Morgan fingerprint density at radius 2 is 2.12 bits per heavy atom. The summed E-state index contributed by atoms with van der Waals surface area (Å²) < 4.78 is 10.5. The average molecular weight is 377 g/mol. The first kappa shape index (κ1) is 19.7. The van der Waals surface area contributed by atoms with Gasteiger partial charge >= 0.3 is 0 Å². The van der Waals surface area contributed by atoms with Crippen LogP contribution in [0.4, 0.5) is 5.69 Å². The molecule has 138 valence electrons. The molecular formula is C18H21ClN4O3. The van der Waals surface area contributed by atoms with E-state index in [1.807, 2.05) is 39.1 Å². The summed E-state index contributed by atoms with van der Waals surface area (Å²) in [5, 5.41) is 9.98. The topological polar surface area (TPSA) is 93.2 Å². The molecule has 0 fully saturated rings. The number of furan rings is 1. The third kappa shape index (κ3) is 4.50. The van der Waals surface area contributed by atoms with E-state index >= 15 is 0 Å². The molecule has 2 N–H and O–H groups in total. The maximum atomic E-state index is 12.2. The summed E-state index contributed by atoms with van der Waals surface area (Å²) in [6.45, 7) is 3.96. The molecule has 0 spiro atoms. The van der Waals surface area contributed by atoms with Gasteiger partial charge in [-0.15, -0.1) is 12.4 Å². The van der Waals surface area contributed by atoms with E-state index in [4.69, 9.17) is 8.94 Å². The van der Waals surface area contributed by atoms with E-state index in [0.717, 1.165) is 11.1 Å². The molecule has 0 aliphatic carbocycles. The van der Waals surface area contributed by atoms with Crippen LogP contribution in [-0.4, -0.2) is 29.1 Å². The van der Waals surface area contributed by atoms with Gasteiger partial charge in [-0.25, -0.2) is 0 Å². The number of hydrogen-bond donors (Lipinski definition) is 2. The Balaban J connectivity index is 0.00000243. The van der Waals surface area contributed by atoms with Gasteiger partial charge in [-0.1, -0.05) is 11.2 Å². The molecule has 3 aromatic rings. The van der Waals surface area contributed by atoms with Gasteiger partial charge in [0.25, 0.3) is 11.8 Å². The van der Waals surface area contributed by atoms with Crippen LogP contribution < -0.4 is 10.6 Å². The van der Waals surface area contributed by atoms with Gasteiger partial charge in [0.2, 0.25) is 0 Å². The van der Waals surface area contributed by atoms with E-state index < -0.39 is 0 Å². The van der Waals surface area contributed by atoms with Crippen molar-refractivity contribution in [1.82, 2.24) is 15.5 Å². The zero-order chi connectivity index (χ0) is 17.8. The molecule has 8 heteroatoms. The molecular weight excluding hydrogens is 356 g/mol. The minimum absolute atomic E-state index is 0. The van der Waals surface area contributed by atoms with E-state index in [2.05, 4.69) is 20.8 Å². The van der Waals surface area contributed by atoms with E-state index in [1.165, 1.54) is 6.26 Å². The number of benzene rings is 1. The number of carbonyl (C=O) groups is 1. The molecule has 7 nitrogen and oxygen atoms in total. The number of likely N-dealkylation sites (N-methyl/N-ethyl adjacent to an activating group) is 1. The monoisotopic (exact) mass is 376 g/mol. The van der Waals surface area contributed by atoms with E-state index in [0.29, 0.717) is 23.8 Å². The molecule has 0 radical (unpaired) electrons. The first-order chi connectivity index (χ1) is 12.1. The second-order valence-corrected chi connectivity index (χ2v) is 5.87. The Hall–Kier alpha value is -2.64. The fraction of sp³-hybridized carbons (Fsp3) is 0.278. The van der Waals surface area contributed by atoms with Gasteiger partial charge in [0.15, 0.2) is 11.6 Å². The lowest BCUT2D eigenvalue weighted by atomic mass is 10.1. The van der Waals surface area contributed by atoms with Crippen molar-refractivity contribution in [1.29, 1.82) is 0 Å². The lowest BCUT2D eigenvalue weighted by Crippen LogP contribution is -2.24. The van der Waals surface area contributed by atoms with Crippen molar-refractivity contribution < 1.29 is 13.7 Å². The number of carbonyl (C=O) groups excluding carboxylic acids is 1. The highest BCUT2D eigenvalue weighted by Gasteiger charge is 2.14. The van der Waals surface area contributed by atoms with Gasteiger partial charge < -0.3 is 19.6 Å². The summed E-state index contributed by atoms with van der Waals surface area (Å²) in [6.07, 6.45) is 2.14. The highest BCUT2D eigenvalue weighted by Crippen LogP contribution is 2.25. The molecule has 0 aliphatic rings. The van der Waals surface area contributed by atoms with Gasteiger partial charge in [-0.05, 0) is 50.7 Å². The maximum Gasteiger partial charge on any atom is 0.291 e. The predicted octanol–water partition coefficient (Wildman–Crippen LogP) is 3.46. The Labute approximate surface area is 157 Å². The smallest absolute Gasteiger partial charge is 0.291 e. The van der Waals surface area contributed by atoms with E-state index in [-0.39, 0.29) is 30.1 Å². The normalized spacial score (nSPS) is 11.7. The molecule has 2 heterocycles. The van der Waals surface area contributed by atoms with Crippen molar-refractivity contribution in [2.75, 3.05) is 12.4 Å². The molecule has 2 aromatic heterocycles. The second-order valence-electron chi connectivity index (χ2n) is 5.87. The molecule has 0 bridgehead atoms. The number of halogens is 1. The highest BCUT2D eigenvalue weighted by molar-refractivity contribution is 6.02. The molecule has 0 saturated carbocycles. The second kappa shape index (κ2) is 8.64. The van der Waals surface area contributed by atoms with Crippen molar-refractivity contribution in [3.8, 4) is 11.5 Å². The Morgan fingerprint density at radius 1 is 1.31 bits per heavy atom. The number of aryl methyl sites for hydroxylation is 1. The van der Waals surface area contributed by atoms with E-state index in [9.17, 15) is 4.79 Å². The van der Waals surface area contributed by atoms with Gasteiger partial charge in [-0.3, -0.25) is 4.79 Å². The predicted molar refractivity (Wildman–Crippen MR) is 101 cm³/mol. The van der Waals surface area contributed by atoms with E-state index in [1.54, 1.807) is 12.1 Å². The summed E-state index contributed by atoms with van der Waals surface area (Å²) in [4.78, 5) is 16.6. The van der Waals surface area contributed by atoms with Crippen LogP contribution >= 0.6 is 12.4 Å². The molecule has 1 amide bonds. The minimum Gasteiger partial charge on any atom is -0.459 e.